The molecule has 0 aliphatic carbocycles. The van der Waals surface area contributed by atoms with E-state index in [9.17, 15) is 14.0 Å². The van der Waals surface area contributed by atoms with Gasteiger partial charge in [0.15, 0.2) is 0 Å². The minimum Gasteiger partial charge on any atom is -0.353 e. The Hall–Kier alpha value is -2.10. The van der Waals surface area contributed by atoms with Gasteiger partial charge in [-0.1, -0.05) is 49.7 Å². The van der Waals surface area contributed by atoms with Crippen molar-refractivity contribution in [2.45, 2.75) is 33.0 Å². The summed E-state index contributed by atoms with van der Waals surface area (Å²) in [5.41, 5.74) is 2.46. The van der Waals surface area contributed by atoms with Gasteiger partial charge in [0.05, 0.1) is 18.8 Å². The monoisotopic (exact) mass is 547 g/mol. The highest BCUT2D eigenvalue weighted by molar-refractivity contribution is 6.30. The maximum absolute atomic E-state index is 14.6. The van der Waals surface area contributed by atoms with Gasteiger partial charge in [0.25, 0.3) is 5.91 Å². The number of likely N-dealkylation sites (N-methyl/N-ethyl adjacent to an activating group) is 1. The van der Waals surface area contributed by atoms with Crippen LogP contribution in [0.3, 0.4) is 0 Å². The zero-order valence-corrected chi connectivity index (χ0v) is 22.5. The number of anilines is 1. The number of hydrazine groups is 1. The first-order valence-corrected chi connectivity index (χ1v) is 11.4. The average Bonchev–Trinajstić information content (AvgIpc) is 3.21. The summed E-state index contributed by atoms with van der Waals surface area (Å²) in [6.07, 6.45) is 0. The van der Waals surface area contributed by atoms with Crippen molar-refractivity contribution in [1.29, 1.82) is 0 Å². The average molecular weight is 549 g/mol. The van der Waals surface area contributed by atoms with E-state index in [0.717, 1.165) is 0 Å². The van der Waals surface area contributed by atoms with Crippen LogP contribution in [0.15, 0.2) is 42.5 Å². The van der Waals surface area contributed by atoms with Crippen LogP contribution >= 0.6 is 36.4 Å². The Morgan fingerprint density at radius 1 is 1.06 bits per heavy atom. The standard InChI is InChI=1S/C24H31ClFN5O2.2ClH/c1-17(2)27-10-11-28-23(32)15-30(22-12-20(25)8-9-21(22)26)16-24(33)29(3)31-13-18-6-4-5-7-19(18)14-31;;/h4-9,12,17,27H,10-11,13-16H2,1-3H3,(H,28,32);2*1H. The van der Waals surface area contributed by atoms with Crippen LogP contribution in [0.25, 0.3) is 0 Å². The fourth-order valence-corrected chi connectivity index (χ4v) is 3.86. The molecule has 0 spiro atoms. The Balaban J connectivity index is 0.00000306. The molecule has 0 bridgehead atoms. The molecule has 2 aromatic rings. The summed E-state index contributed by atoms with van der Waals surface area (Å²) in [6, 6.07) is 12.4. The number of carbonyl (C=O) groups is 2. The first kappa shape index (κ1) is 30.9. The number of hydrogen-bond donors (Lipinski definition) is 2. The number of hydrogen-bond acceptors (Lipinski definition) is 5. The van der Waals surface area contributed by atoms with Crippen molar-refractivity contribution in [2.24, 2.45) is 0 Å². The van der Waals surface area contributed by atoms with Gasteiger partial charge in [0.1, 0.15) is 5.82 Å². The molecule has 2 N–H and O–H groups in total. The number of carbonyl (C=O) groups excluding carboxylic acids is 2. The number of fused-ring (bicyclic) bond motifs is 1. The predicted molar refractivity (Wildman–Crippen MR) is 143 cm³/mol. The summed E-state index contributed by atoms with van der Waals surface area (Å²) in [4.78, 5) is 27.1. The lowest BCUT2D eigenvalue weighted by molar-refractivity contribution is -0.145. The molecule has 0 atom stereocenters. The van der Waals surface area contributed by atoms with Crippen LogP contribution < -0.4 is 15.5 Å². The van der Waals surface area contributed by atoms with Crippen molar-refractivity contribution in [3.63, 3.8) is 0 Å². The first-order valence-electron chi connectivity index (χ1n) is 11.0. The zero-order chi connectivity index (χ0) is 24.0. The third kappa shape index (κ3) is 8.81. The van der Waals surface area contributed by atoms with Crippen LogP contribution in [0.2, 0.25) is 5.02 Å². The lowest BCUT2D eigenvalue weighted by Crippen LogP contribution is -2.48. The van der Waals surface area contributed by atoms with E-state index in [2.05, 4.69) is 10.6 Å². The van der Waals surface area contributed by atoms with Crippen LogP contribution in [0.4, 0.5) is 10.1 Å². The molecule has 0 fully saturated rings. The summed E-state index contributed by atoms with van der Waals surface area (Å²) >= 11 is 6.08. The Kier molecular flexibility index (Phi) is 12.8. The van der Waals surface area contributed by atoms with Crippen LogP contribution in [0, 0.1) is 5.82 Å². The maximum atomic E-state index is 14.6. The smallest absolute Gasteiger partial charge is 0.256 e. The minimum absolute atomic E-state index is 0. The Bertz CT molecular complexity index is 970. The van der Waals surface area contributed by atoms with E-state index in [4.69, 9.17) is 11.6 Å². The van der Waals surface area contributed by atoms with Gasteiger partial charge in [0.2, 0.25) is 5.91 Å². The molecule has 1 heterocycles. The molecule has 1 aliphatic rings. The van der Waals surface area contributed by atoms with E-state index < -0.39 is 5.82 Å². The van der Waals surface area contributed by atoms with E-state index in [1.165, 1.54) is 34.2 Å². The third-order valence-electron chi connectivity index (χ3n) is 5.52. The van der Waals surface area contributed by atoms with E-state index in [-0.39, 0.29) is 55.4 Å². The van der Waals surface area contributed by atoms with E-state index >= 15 is 0 Å². The topological polar surface area (TPSA) is 67.9 Å². The number of amides is 2. The summed E-state index contributed by atoms with van der Waals surface area (Å²) in [6.45, 7) is 5.99. The van der Waals surface area contributed by atoms with Crippen molar-refractivity contribution in [3.05, 3.63) is 64.4 Å². The summed E-state index contributed by atoms with van der Waals surface area (Å²) in [5, 5.41) is 9.82. The maximum Gasteiger partial charge on any atom is 0.256 e. The second-order valence-corrected chi connectivity index (χ2v) is 8.86. The molecule has 0 unspecified atom stereocenters. The molecule has 0 aromatic heterocycles. The van der Waals surface area contributed by atoms with Gasteiger partial charge in [-0.25, -0.2) is 9.40 Å². The van der Waals surface area contributed by atoms with E-state index in [1.54, 1.807) is 12.1 Å². The van der Waals surface area contributed by atoms with Crippen LogP contribution in [0.1, 0.15) is 25.0 Å². The first-order chi connectivity index (χ1) is 15.7. The molecule has 2 amide bonds. The molecular formula is C24H33Cl3FN5O2. The normalized spacial score (nSPS) is 12.4. The van der Waals surface area contributed by atoms with Crippen LogP contribution in [0.5, 0.6) is 0 Å². The lowest BCUT2D eigenvalue weighted by atomic mass is 10.1. The van der Waals surface area contributed by atoms with Gasteiger partial charge in [0, 0.05) is 44.3 Å². The van der Waals surface area contributed by atoms with Gasteiger partial charge >= 0.3 is 0 Å². The minimum atomic E-state index is -0.544. The molecule has 0 saturated carbocycles. The molecule has 194 valence electrons. The Morgan fingerprint density at radius 2 is 1.69 bits per heavy atom. The number of nitrogens with one attached hydrogen (secondary N) is 2. The van der Waals surface area contributed by atoms with Gasteiger partial charge in [-0.05, 0) is 29.3 Å². The third-order valence-corrected chi connectivity index (χ3v) is 5.75. The highest BCUT2D eigenvalue weighted by Gasteiger charge is 2.27. The quantitative estimate of drug-likeness (QED) is 0.444. The highest BCUT2D eigenvalue weighted by Crippen LogP contribution is 2.25. The van der Waals surface area contributed by atoms with Crippen molar-refractivity contribution < 1.29 is 14.0 Å². The van der Waals surface area contributed by atoms with Crippen LogP contribution in [-0.2, 0) is 22.7 Å². The van der Waals surface area contributed by atoms with Crippen molar-refractivity contribution in [2.75, 3.05) is 38.1 Å². The molecule has 2 aromatic carbocycles. The lowest BCUT2D eigenvalue weighted by Gasteiger charge is -2.31. The molecular weight excluding hydrogens is 516 g/mol. The van der Waals surface area contributed by atoms with Gasteiger partial charge in [-0.3, -0.25) is 14.6 Å². The SMILES string of the molecule is CC(C)NCCNC(=O)CN(CC(=O)N(C)N1Cc2ccccc2C1)c1cc(Cl)ccc1F.Cl.Cl. The predicted octanol–water partition coefficient (Wildman–Crippen LogP) is 3.63. The summed E-state index contributed by atoms with van der Waals surface area (Å²) in [5.74, 6) is -1.10. The summed E-state index contributed by atoms with van der Waals surface area (Å²) < 4.78 is 14.6. The number of nitrogens with zero attached hydrogens (tertiary/aromatic N) is 3. The largest absolute Gasteiger partial charge is 0.353 e. The Morgan fingerprint density at radius 3 is 2.29 bits per heavy atom. The van der Waals surface area contributed by atoms with E-state index in [0.29, 0.717) is 37.2 Å². The summed E-state index contributed by atoms with van der Waals surface area (Å²) in [7, 11) is 1.69. The second kappa shape index (κ2) is 14.5. The van der Waals surface area contributed by atoms with Crippen molar-refractivity contribution >= 4 is 53.9 Å². The van der Waals surface area contributed by atoms with E-state index in [1.807, 2.05) is 43.1 Å². The number of halogens is 4. The van der Waals surface area contributed by atoms with Crippen LogP contribution in [-0.4, -0.2) is 61.1 Å². The molecule has 35 heavy (non-hydrogen) atoms. The molecule has 7 nitrogen and oxygen atoms in total. The van der Waals surface area contributed by atoms with Crippen molar-refractivity contribution in [1.82, 2.24) is 20.7 Å². The van der Waals surface area contributed by atoms with Gasteiger partial charge in [-0.15, -0.1) is 24.8 Å². The van der Waals surface area contributed by atoms with Crippen molar-refractivity contribution in [3.8, 4) is 0 Å². The molecule has 11 heteroatoms. The second-order valence-electron chi connectivity index (χ2n) is 8.42. The number of rotatable bonds is 10. The molecule has 1 aliphatic heterocycles. The molecule has 0 radical (unpaired) electrons. The van der Waals surface area contributed by atoms with Gasteiger partial charge in [-0.2, -0.15) is 0 Å². The Labute approximate surface area is 223 Å². The highest BCUT2D eigenvalue weighted by atomic mass is 35.5. The van der Waals surface area contributed by atoms with Gasteiger partial charge < -0.3 is 15.5 Å². The number of benzene rings is 2. The zero-order valence-electron chi connectivity index (χ0n) is 20.1. The fraction of sp³-hybridized carbons (Fsp3) is 0.417. The molecule has 3 rings (SSSR count). The fourth-order valence-electron chi connectivity index (χ4n) is 3.70. The molecule has 0 saturated heterocycles.